The summed E-state index contributed by atoms with van der Waals surface area (Å²) in [5.41, 5.74) is 3.53. The molecule has 0 heterocycles. The minimum absolute atomic E-state index is 0.141. The molecular weight excluding hydrogens is 251 g/mol. The second-order valence-corrected chi connectivity index (χ2v) is 7.02. The standard InChI is InChI=1S/C12H27N2O3P/c1-9(2)12(14-13-7)8-18(15,16-10(3)4)17-11(5)6/h9-11,13H,8H2,1-7H3/b14-12-. The van der Waals surface area contributed by atoms with Crippen molar-refractivity contribution in [2.45, 2.75) is 53.8 Å². The van der Waals surface area contributed by atoms with Crippen molar-refractivity contribution in [3.05, 3.63) is 0 Å². The van der Waals surface area contributed by atoms with Gasteiger partial charge in [0.1, 0.15) is 0 Å². The van der Waals surface area contributed by atoms with Gasteiger partial charge in [-0.15, -0.1) is 0 Å². The molecule has 0 saturated carbocycles. The lowest BCUT2D eigenvalue weighted by Gasteiger charge is -2.24. The van der Waals surface area contributed by atoms with E-state index < -0.39 is 7.60 Å². The molecule has 0 aliphatic carbocycles. The highest BCUT2D eigenvalue weighted by Crippen LogP contribution is 2.50. The fourth-order valence-electron chi connectivity index (χ4n) is 1.43. The highest BCUT2D eigenvalue weighted by Gasteiger charge is 2.30. The Bertz CT molecular complexity index is 300. The lowest BCUT2D eigenvalue weighted by Crippen LogP contribution is -2.21. The van der Waals surface area contributed by atoms with E-state index in [1.165, 1.54) is 0 Å². The smallest absolute Gasteiger partial charge is 0.313 e. The SMILES string of the molecule is CN/N=C(/CP(=O)(OC(C)C)OC(C)C)C(C)C. The van der Waals surface area contributed by atoms with Crippen LogP contribution in [0.5, 0.6) is 0 Å². The predicted molar refractivity (Wildman–Crippen MR) is 76.2 cm³/mol. The van der Waals surface area contributed by atoms with E-state index in [1.807, 2.05) is 41.5 Å². The molecule has 0 aromatic rings. The summed E-state index contributed by atoms with van der Waals surface area (Å²) >= 11 is 0. The molecule has 0 saturated heterocycles. The van der Waals surface area contributed by atoms with Gasteiger partial charge < -0.3 is 14.5 Å². The first kappa shape index (κ1) is 17.6. The van der Waals surface area contributed by atoms with Gasteiger partial charge in [0, 0.05) is 7.05 Å². The van der Waals surface area contributed by atoms with Crippen molar-refractivity contribution in [3.8, 4) is 0 Å². The van der Waals surface area contributed by atoms with Crippen molar-refractivity contribution < 1.29 is 13.6 Å². The van der Waals surface area contributed by atoms with Crippen LogP contribution in [0.2, 0.25) is 0 Å². The van der Waals surface area contributed by atoms with Crippen LogP contribution in [-0.4, -0.2) is 31.1 Å². The van der Waals surface area contributed by atoms with E-state index in [0.717, 1.165) is 5.71 Å². The number of hydrogen-bond acceptors (Lipinski definition) is 5. The van der Waals surface area contributed by atoms with Gasteiger partial charge in [-0.1, -0.05) is 13.8 Å². The van der Waals surface area contributed by atoms with Gasteiger partial charge >= 0.3 is 7.60 Å². The van der Waals surface area contributed by atoms with Gasteiger partial charge in [0.05, 0.1) is 24.1 Å². The van der Waals surface area contributed by atoms with E-state index in [4.69, 9.17) is 9.05 Å². The Morgan fingerprint density at radius 2 is 1.56 bits per heavy atom. The van der Waals surface area contributed by atoms with Gasteiger partial charge in [-0.25, -0.2) is 0 Å². The quantitative estimate of drug-likeness (QED) is 0.420. The van der Waals surface area contributed by atoms with Gasteiger partial charge in [-0.2, -0.15) is 5.10 Å². The first-order valence-electron chi connectivity index (χ1n) is 6.39. The van der Waals surface area contributed by atoms with E-state index >= 15 is 0 Å². The Morgan fingerprint density at radius 3 is 1.83 bits per heavy atom. The maximum absolute atomic E-state index is 12.7. The predicted octanol–water partition coefficient (Wildman–Crippen LogP) is 3.26. The molecule has 6 heteroatoms. The highest BCUT2D eigenvalue weighted by atomic mass is 31.2. The summed E-state index contributed by atoms with van der Waals surface area (Å²) in [5.74, 6) is 0.192. The average molecular weight is 278 g/mol. The monoisotopic (exact) mass is 278 g/mol. The van der Waals surface area contributed by atoms with Crippen LogP contribution in [0.25, 0.3) is 0 Å². The van der Waals surface area contributed by atoms with Gasteiger partial charge in [-0.05, 0) is 33.6 Å². The minimum atomic E-state index is -3.14. The summed E-state index contributed by atoms with van der Waals surface area (Å²) in [5, 5.41) is 4.16. The van der Waals surface area contributed by atoms with E-state index in [1.54, 1.807) is 7.05 Å². The van der Waals surface area contributed by atoms with E-state index in [2.05, 4.69) is 10.5 Å². The molecule has 1 N–H and O–H groups in total. The number of hydrazone groups is 1. The van der Waals surface area contributed by atoms with E-state index in [9.17, 15) is 4.57 Å². The molecule has 0 unspecified atom stereocenters. The normalized spacial score (nSPS) is 13.8. The third kappa shape index (κ3) is 7.14. The number of nitrogens with zero attached hydrogens (tertiary/aromatic N) is 1. The van der Waals surface area contributed by atoms with Crippen LogP contribution in [0.15, 0.2) is 5.10 Å². The van der Waals surface area contributed by atoms with Crippen molar-refractivity contribution in [1.29, 1.82) is 0 Å². The largest absolute Gasteiger partial charge is 0.336 e. The topological polar surface area (TPSA) is 59.9 Å². The molecule has 0 aliphatic rings. The Kier molecular flexibility index (Phi) is 7.76. The van der Waals surface area contributed by atoms with Crippen LogP contribution in [0.4, 0.5) is 0 Å². The molecule has 0 aliphatic heterocycles. The Labute approximate surface area is 111 Å². The van der Waals surface area contributed by atoms with Crippen molar-refractivity contribution >= 4 is 13.3 Å². The molecule has 0 atom stereocenters. The molecule has 5 nitrogen and oxygen atoms in total. The molecule has 0 aromatic heterocycles. The van der Waals surface area contributed by atoms with Gasteiger partial charge in [-0.3, -0.25) is 4.57 Å². The zero-order valence-electron chi connectivity index (χ0n) is 12.6. The van der Waals surface area contributed by atoms with Crippen molar-refractivity contribution in [1.82, 2.24) is 5.43 Å². The molecule has 0 fully saturated rings. The van der Waals surface area contributed by atoms with Gasteiger partial charge in [0.25, 0.3) is 0 Å². The summed E-state index contributed by atoms with van der Waals surface area (Å²) in [6, 6.07) is 0. The lowest BCUT2D eigenvalue weighted by atomic mass is 10.1. The van der Waals surface area contributed by atoms with Crippen LogP contribution < -0.4 is 5.43 Å². The van der Waals surface area contributed by atoms with Crippen molar-refractivity contribution in [3.63, 3.8) is 0 Å². The maximum atomic E-state index is 12.7. The maximum Gasteiger partial charge on any atom is 0.336 e. The third-order valence-corrected chi connectivity index (χ3v) is 4.22. The number of nitrogens with one attached hydrogen (secondary N) is 1. The number of rotatable bonds is 8. The van der Waals surface area contributed by atoms with Crippen LogP contribution in [0, 0.1) is 5.92 Å². The molecule has 0 radical (unpaired) electrons. The Balaban J connectivity index is 4.97. The van der Waals surface area contributed by atoms with Crippen LogP contribution in [-0.2, 0) is 13.6 Å². The van der Waals surface area contributed by atoms with Crippen molar-refractivity contribution in [2.24, 2.45) is 11.0 Å². The third-order valence-electron chi connectivity index (χ3n) is 2.02. The molecule has 0 aromatic carbocycles. The zero-order valence-corrected chi connectivity index (χ0v) is 13.5. The molecular formula is C12H27N2O3P. The second kappa shape index (κ2) is 7.93. The lowest BCUT2D eigenvalue weighted by molar-refractivity contribution is 0.144. The van der Waals surface area contributed by atoms with Crippen LogP contribution >= 0.6 is 7.60 Å². The summed E-state index contributed by atoms with van der Waals surface area (Å²) < 4.78 is 23.7. The first-order valence-corrected chi connectivity index (χ1v) is 8.12. The van der Waals surface area contributed by atoms with Crippen LogP contribution in [0.1, 0.15) is 41.5 Å². The Morgan fingerprint density at radius 1 is 1.11 bits per heavy atom. The molecule has 0 rings (SSSR count). The minimum Gasteiger partial charge on any atom is -0.313 e. The summed E-state index contributed by atoms with van der Waals surface area (Å²) in [4.78, 5) is 0. The fourth-order valence-corrected chi connectivity index (χ4v) is 3.75. The van der Waals surface area contributed by atoms with Crippen LogP contribution in [0.3, 0.4) is 0 Å². The van der Waals surface area contributed by atoms with Gasteiger partial charge in [0.2, 0.25) is 0 Å². The molecule has 0 bridgehead atoms. The highest BCUT2D eigenvalue weighted by molar-refractivity contribution is 7.55. The summed E-state index contributed by atoms with van der Waals surface area (Å²) in [6.45, 7) is 11.4. The van der Waals surface area contributed by atoms with E-state index in [0.29, 0.717) is 0 Å². The first-order chi connectivity index (χ1) is 8.20. The summed E-state index contributed by atoms with van der Waals surface area (Å²) in [6.07, 6.45) is -0.0582. The zero-order chi connectivity index (χ0) is 14.3. The van der Waals surface area contributed by atoms with Crippen molar-refractivity contribution in [2.75, 3.05) is 13.2 Å². The fraction of sp³-hybridized carbons (Fsp3) is 0.917. The number of hydrogen-bond donors (Lipinski definition) is 1. The average Bonchev–Trinajstić information content (AvgIpc) is 2.13. The summed E-state index contributed by atoms with van der Waals surface area (Å²) in [7, 11) is -1.42. The molecule has 18 heavy (non-hydrogen) atoms. The molecule has 108 valence electrons. The second-order valence-electron chi connectivity index (χ2n) is 5.06. The van der Waals surface area contributed by atoms with Gasteiger partial charge in [0.15, 0.2) is 0 Å². The molecule has 0 amide bonds. The van der Waals surface area contributed by atoms with E-state index in [-0.39, 0.29) is 24.3 Å². The Hall–Kier alpha value is -0.380. The molecule has 0 spiro atoms.